The zero-order chi connectivity index (χ0) is 6.08. The van der Waals surface area contributed by atoms with Crippen molar-refractivity contribution in [1.29, 1.82) is 0 Å². The summed E-state index contributed by atoms with van der Waals surface area (Å²) in [4.78, 5) is 0. The normalized spacial score (nSPS) is 12.6. The number of halogens is 2. The molecule has 0 heterocycles. The van der Waals surface area contributed by atoms with Gasteiger partial charge in [0.1, 0.15) is 0 Å². The van der Waals surface area contributed by atoms with Gasteiger partial charge in [-0.3, -0.25) is 0 Å². The molecule has 0 atom stereocenters. The number of hydrogen-bond acceptors (Lipinski definition) is 2. The second kappa shape index (κ2) is 1.71. The molecule has 3 nitrogen and oxygen atoms in total. The van der Waals surface area contributed by atoms with Gasteiger partial charge in [0.25, 0.3) is 10.0 Å². The quantitative estimate of drug-likeness (QED) is 0.527. The number of rotatable bonds is 1. The minimum atomic E-state index is -4.66. The molecule has 0 unspecified atom stereocenters. The van der Waals surface area contributed by atoms with Gasteiger partial charge >= 0.3 is 5.76 Å². The average Bonchev–Trinajstić information content (AvgIpc) is 1.31. The van der Waals surface area contributed by atoms with Crippen molar-refractivity contribution in [1.82, 2.24) is 0 Å². The molecule has 0 aromatic carbocycles. The van der Waals surface area contributed by atoms with Crippen molar-refractivity contribution in [3.05, 3.63) is 5.76 Å². The fraction of sp³-hybridized carbons (Fsp3) is 0. The molecule has 0 aliphatic carbocycles. The van der Waals surface area contributed by atoms with Crippen molar-refractivity contribution in [2.45, 2.75) is 0 Å². The number of nitrogens with two attached hydrogens (primary N) is 1. The molecule has 0 saturated heterocycles. The Morgan fingerprint density at radius 3 is 1.57 bits per heavy atom. The van der Waals surface area contributed by atoms with Gasteiger partial charge in [-0.1, -0.05) is 0 Å². The number of sulfonamides is 1. The Balaban J connectivity index is 4.10. The van der Waals surface area contributed by atoms with Crippen molar-refractivity contribution in [2.75, 3.05) is 0 Å². The van der Waals surface area contributed by atoms with Crippen LogP contribution in [0.15, 0.2) is 0 Å². The highest BCUT2D eigenvalue weighted by Gasteiger charge is 2.20. The van der Waals surface area contributed by atoms with Gasteiger partial charge in [-0.25, -0.2) is 13.6 Å². The maximum absolute atomic E-state index is 10.7. The summed E-state index contributed by atoms with van der Waals surface area (Å²) in [7, 11) is -4.66. The molecule has 43 valence electrons. The Morgan fingerprint density at radius 1 is 1.43 bits per heavy atom. The predicted octanol–water partition coefficient (Wildman–Crippen LogP) is -0.339. The van der Waals surface area contributed by atoms with Crippen LogP contribution in [0.5, 0.6) is 0 Å². The van der Waals surface area contributed by atoms with Crippen LogP contribution in [0.25, 0.3) is 0 Å². The summed E-state index contributed by atoms with van der Waals surface area (Å²) >= 11 is 0. The van der Waals surface area contributed by atoms with Gasteiger partial charge in [0.2, 0.25) is 0 Å². The fourth-order valence-electron chi connectivity index (χ4n) is 0. The molecule has 6 heteroatoms. The molecule has 2 N–H and O–H groups in total. The van der Waals surface area contributed by atoms with E-state index in [-0.39, 0.29) is 0 Å². The minimum Gasteiger partial charge on any atom is -0.223 e. The SMILES string of the molecule is NS(=O)(=O)[C](F)F. The Bertz CT molecular complexity index is 138. The van der Waals surface area contributed by atoms with Crippen molar-refractivity contribution in [3.8, 4) is 0 Å². The van der Waals surface area contributed by atoms with Gasteiger partial charge in [0.15, 0.2) is 0 Å². The van der Waals surface area contributed by atoms with Gasteiger partial charge in [0, 0.05) is 0 Å². The first-order valence-electron chi connectivity index (χ1n) is 1.15. The van der Waals surface area contributed by atoms with Crippen molar-refractivity contribution >= 4 is 10.0 Å². The van der Waals surface area contributed by atoms with Crippen LogP contribution in [0.1, 0.15) is 0 Å². The summed E-state index contributed by atoms with van der Waals surface area (Å²) in [6.07, 6.45) is 0. The van der Waals surface area contributed by atoms with Crippen LogP contribution in [0, 0.1) is 5.76 Å². The zero-order valence-corrected chi connectivity index (χ0v) is 3.87. The highest BCUT2D eigenvalue weighted by Crippen LogP contribution is 2.06. The molecule has 0 aliphatic heterocycles. The first-order chi connectivity index (χ1) is 2.94. The Morgan fingerprint density at radius 2 is 1.57 bits per heavy atom. The first-order valence-corrected chi connectivity index (χ1v) is 2.70. The molecule has 7 heavy (non-hydrogen) atoms. The molecular formula is CH2F2NO2S. The zero-order valence-electron chi connectivity index (χ0n) is 3.06. The van der Waals surface area contributed by atoms with Crippen LogP contribution in [-0.2, 0) is 10.0 Å². The third kappa shape index (κ3) is 2.46. The summed E-state index contributed by atoms with van der Waals surface area (Å²) in [6, 6.07) is 0. The number of hydrogen-bond donors (Lipinski definition) is 1. The van der Waals surface area contributed by atoms with Crippen LogP contribution < -0.4 is 5.14 Å². The third-order valence-electron chi connectivity index (χ3n) is 0.215. The Hall–Kier alpha value is -0.230. The molecule has 0 rings (SSSR count). The molecule has 0 aromatic rings. The molecule has 0 bridgehead atoms. The summed E-state index contributed by atoms with van der Waals surface area (Å²) in [6.45, 7) is 0. The maximum atomic E-state index is 10.7. The predicted molar refractivity (Wildman–Crippen MR) is 18.6 cm³/mol. The molecule has 0 saturated carbocycles. The lowest BCUT2D eigenvalue weighted by Gasteiger charge is -1.85. The first kappa shape index (κ1) is 6.77. The van der Waals surface area contributed by atoms with E-state index in [0.29, 0.717) is 0 Å². The third-order valence-corrected chi connectivity index (χ3v) is 0.645. The summed E-state index contributed by atoms with van der Waals surface area (Å²) in [5.41, 5.74) is 0. The van der Waals surface area contributed by atoms with E-state index in [1.807, 2.05) is 0 Å². The number of primary sulfonamides is 1. The fourth-order valence-corrected chi connectivity index (χ4v) is 0. The Labute approximate surface area is 39.2 Å². The van der Waals surface area contributed by atoms with Crippen molar-refractivity contribution < 1.29 is 17.2 Å². The molecule has 0 fully saturated rings. The van der Waals surface area contributed by atoms with Crippen LogP contribution in [0.2, 0.25) is 0 Å². The van der Waals surface area contributed by atoms with Crippen molar-refractivity contribution in [2.24, 2.45) is 5.14 Å². The van der Waals surface area contributed by atoms with Gasteiger partial charge < -0.3 is 0 Å². The lowest BCUT2D eigenvalue weighted by molar-refractivity contribution is 0.353. The van der Waals surface area contributed by atoms with E-state index < -0.39 is 15.8 Å². The standard InChI is InChI=1S/CH2F2NO2S/c2-1(3)7(4,5)6/h(H2,4,5,6). The van der Waals surface area contributed by atoms with E-state index in [1.54, 1.807) is 0 Å². The molecule has 0 amide bonds. The average molecular weight is 130 g/mol. The largest absolute Gasteiger partial charge is 0.436 e. The second-order valence-corrected chi connectivity index (χ2v) is 2.17. The molecule has 1 radical (unpaired) electrons. The monoisotopic (exact) mass is 130 g/mol. The lowest BCUT2D eigenvalue weighted by Crippen LogP contribution is -2.14. The van der Waals surface area contributed by atoms with Gasteiger partial charge in [0.05, 0.1) is 0 Å². The molecular weight excluding hydrogens is 128 g/mol. The Kier molecular flexibility index (Phi) is 1.65. The van der Waals surface area contributed by atoms with Crippen LogP contribution in [-0.4, -0.2) is 8.42 Å². The van der Waals surface area contributed by atoms with Gasteiger partial charge in [-0.05, 0) is 0 Å². The van der Waals surface area contributed by atoms with E-state index >= 15 is 0 Å². The smallest absolute Gasteiger partial charge is 0.223 e. The molecule has 0 spiro atoms. The van der Waals surface area contributed by atoms with Crippen LogP contribution in [0.3, 0.4) is 0 Å². The topological polar surface area (TPSA) is 60.2 Å². The second-order valence-electron chi connectivity index (χ2n) is 0.771. The van der Waals surface area contributed by atoms with E-state index in [1.165, 1.54) is 0 Å². The van der Waals surface area contributed by atoms with E-state index in [0.717, 1.165) is 0 Å². The summed E-state index contributed by atoms with van der Waals surface area (Å²) in [5, 5.41) is 3.86. The maximum Gasteiger partial charge on any atom is 0.436 e. The highest BCUT2D eigenvalue weighted by atomic mass is 32.2. The van der Waals surface area contributed by atoms with E-state index in [2.05, 4.69) is 5.14 Å². The lowest BCUT2D eigenvalue weighted by atomic mass is 11.7. The molecule has 0 aliphatic rings. The van der Waals surface area contributed by atoms with E-state index in [9.17, 15) is 17.2 Å². The summed E-state index contributed by atoms with van der Waals surface area (Å²) < 4.78 is 40.1. The molecule has 0 aromatic heterocycles. The highest BCUT2D eigenvalue weighted by molar-refractivity contribution is 7.91. The van der Waals surface area contributed by atoms with Crippen LogP contribution >= 0.6 is 0 Å². The van der Waals surface area contributed by atoms with Gasteiger partial charge in [-0.15, -0.1) is 0 Å². The van der Waals surface area contributed by atoms with Crippen LogP contribution in [0.4, 0.5) is 8.78 Å². The van der Waals surface area contributed by atoms with E-state index in [4.69, 9.17) is 0 Å². The van der Waals surface area contributed by atoms with Crippen molar-refractivity contribution in [3.63, 3.8) is 0 Å². The minimum absolute atomic E-state index is 2.76. The summed E-state index contributed by atoms with van der Waals surface area (Å²) in [5.74, 6) is -2.76. The van der Waals surface area contributed by atoms with Gasteiger partial charge in [-0.2, -0.15) is 8.78 Å².